The van der Waals surface area contributed by atoms with Crippen molar-refractivity contribution in [3.63, 3.8) is 0 Å². The van der Waals surface area contributed by atoms with Gasteiger partial charge < -0.3 is 5.32 Å². The van der Waals surface area contributed by atoms with Crippen molar-refractivity contribution >= 4 is 27.5 Å². The number of hydrogen-bond acceptors (Lipinski definition) is 3. The van der Waals surface area contributed by atoms with Crippen LogP contribution < -0.4 is 5.32 Å². The van der Waals surface area contributed by atoms with Gasteiger partial charge in [0.1, 0.15) is 0 Å². The average Bonchev–Trinajstić information content (AvgIpc) is 2.66. The van der Waals surface area contributed by atoms with Gasteiger partial charge in [-0.15, -0.1) is 0 Å². The lowest BCUT2D eigenvalue weighted by atomic mass is 10.2. The number of nitrogens with one attached hydrogen (secondary N) is 1. The van der Waals surface area contributed by atoms with Gasteiger partial charge >= 0.3 is 0 Å². The lowest BCUT2D eigenvalue weighted by Gasteiger charge is -2.22. The largest absolute Gasteiger partial charge is 0.348 e. The van der Waals surface area contributed by atoms with Gasteiger partial charge in [-0.05, 0) is 42.7 Å². The highest BCUT2D eigenvalue weighted by atomic mass is 35.5. The van der Waals surface area contributed by atoms with Crippen molar-refractivity contribution in [3.8, 4) is 0 Å². The molecule has 0 aliphatic heterocycles. The second kappa shape index (κ2) is 9.88. The zero-order valence-electron chi connectivity index (χ0n) is 15.6. The maximum atomic E-state index is 13.1. The summed E-state index contributed by atoms with van der Waals surface area (Å²) in [5.41, 5.74) is 0.992. The summed E-state index contributed by atoms with van der Waals surface area (Å²) in [4.78, 5) is 12.7. The number of amides is 1. The van der Waals surface area contributed by atoms with Crippen LogP contribution in [-0.2, 0) is 16.6 Å². The summed E-state index contributed by atoms with van der Waals surface area (Å²) in [7, 11) is -3.74. The van der Waals surface area contributed by atoms with E-state index in [1.54, 1.807) is 30.3 Å². The molecule has 0 aliphatic rings. The lowest BCUT2D eigenvalue weighted by molar-refractivity contribution is 0.0947. The molecular formula is C20H25ClN2O3S. The van der Waals surface area contributed by atoms with Crippen LogP contribution in [0.5, 0.6) is 0 Å². The van der Waals surface area contributed by atoms with Crippen molar-refractivity contribution in [1.29, 1.82) is 0 Å². The van der Waals surface area contributed by atoms with Crippen molar-refractivity contribution in [2.75, 3.05) is 13.1 Å². The fraction of sp³-hybridized carbons (Fsp3) is 0.350. The average molecular weight is 409 g/mol. The molecule has 2 aromatic rings. The van der Waals surface area contributed by atoms with Crippen molar-refractivity contribution < 1.29 is 13.2 Å². The molecule has 0 saturated carbocycles. The first kappa shape index (κ1) is 21.4. The van der Waals surface area contributed by atoms with Crippen LogP contribution in [0.3, 0.4) is 0 Å². The Hall–Kier alpha value is -1.89. The predicted octanol–water partition coefficient (Wildman–Crippen LogP) is 4.08. The fourth-order valence-electron chi connectivity index (χ4n) is 2.79. The molecule has 1 N–H and O–H groups in total. The molecule has 146 valence electrons. The summed E-state index contributed by atoms with van der Waals surface area (Å²) in [5, 5.41) is 3.36. The van der Waals surface area contributed by atoms with Crippen molar-refractivity contribution in [2.24, 2.45) is 0 Å². The number of carbonyl (C=O) groups is 1. The van der Waals surface area contributed by atoms with Crippen LogP contribution in [0.15, 0.2) is 53.4 Å². The second-order valence-electron chi connectivity index (χ2n) is 6.21. The molecule has 0 aliphatic carbocycles. The van der Waals surface area contributed by atoms with Crippen LogP contribution in [0, 0.1) is 0 Å². The topological polar surface area (TPSA) is 66.5 Å². The Balaban J connectivity index is 2.27. The van der Waals surface area contributed by atoms with E-state index in [9.17, 15) is 13.2 Å². The van der Waals surface area contributed by atoms with Gasteiger partial charge in [0.2, 0.25) is 10.0 Å². The van der Waals surface area contributed by atoms with Gasteiger partial charge in [-0.25, -0.2) is 8.42 Å². The highest BCUT2D eigenvalue weighted by Gasteiger charge is 2.27. The Morgan fingerprint density at radius 3 is 2.33 bits per heavy atom. The monoisotopic (exact) mass is 408 g/mol. The minimum absolute atomic E-state index is 0.0375. The van der Waals surface area contributed by atoms with E-state index < -0.39 is 15.9 Å². The Morgan fingerprint density at radius 2 is 1.70 bits per heavy atom. The second-order valence-corrected chi connectivity index (χ2v) is 8.56. The van der Waals surface area contributed by atoms with E-state index in [1.807, 2.05) is 19.9 Å². The quantitative estimate of drug-likeness (QED) is 0.679. The van der Waals surface area contributed by atoms with E-state index >= 15 is 0 Å². The Labute approximate surface area is 166 Å². The van der Waals surface area contributed by atoms with Crippen molar-refractivity contribution in [1.82, 2.24) is 9.62 Å². The molecule has 0 aromatic heterocycles. The standard InChI is InChI=1S/C20H25ClN2O3S/c1-3-12-23(13-4-2)27(25,26)19-11-6-5-10-18(19)20(24)22-15-16-8-7-9-17(21)14-16/h5-11,14H,3-4,12-13,15H2,1-2H3,(H,22,24). The third-order valence-corrected chi connectivity index (χ3v) is 6.23. The molecule has 27 heavy (non-hydrogen) atoms. The van der Waals surface area contributed by atoms with Crippen LogP contribution in [0.2, 0.25) is 5.02 Å². The normalized spacial score (nSPS) is 11.6. The van der Waals surface area contributed by atoms with Gasteiger partial charge in [-0.3, -0.25) is 4.79 Å². The Morgan fingerprint density at radius 1 is 1.04 bits per heavy atom. The lowest BCUT2D eigenvalue weighted by Crippen LogP contribution is -2.34. The number of benzene rings is 2. The molecule has 0 fully saturated rings. The van der Waals surface area contributed by atoms with Gasteiger partial charge in [-0.1, -0.05) is 49.7 Å². The van der Waals surface area contributed by atoms with Crippen LogP contribution in [0.4, 0.5) is 0 Å². The van der Waals surface area contributed by atoms with Gasteiger partial charge in [0.15, 0.2) is 0 Å². The van der Waals surface area contributed by atoms with E-state index in [2.05, 4.69) is 5.32 Å². The molecule has 0 radical (unpaired) electrons. The van der Waals surface area contributed by atoms with Crippen LogP contribution in [0.25, 0.3) is 0 Å². The molecule has 7 heteroatoms. The first-order valence-electron chi connectivity index (χ1n) is 9.02. The summed E-state index contributed by atoms with van der Waals surface area (Å²) < 4.78 is 27.6. The van der Waals surface area contributed by atoms with Gasteiger partial charge in [0, 0.05) is 24.7 Å². The molecule has 0 unspecified atom stereocenters. The van der Waals surface area contributed by atoms with E-state index in [4.69, 9.17) is 11.6 Å². The molecule has 2 rings (SSSR count). The number of hydrogen-bond donors (Lipinski definition) is 1. The third-order valence-electron chi connectivity index (χ3n) is 4.04. The van der Waals surface area contributed by atoms with Gasteiger partial charge in [0.05, 0.1) is 10.5 Å². The minimum Gasteiger partial charge on any atom is -0.348 e. The number of nitrogens with zero attached hydrogens (tertiary/aromatic N) is 1. The molecule has 5 nitrogen and oxygen atoms in total. The predicted molar refractivity (Wildman–Crippen MR) is 108 cm³/mol. The summed E-state index contributed by atoms with van der Waals surface area (Å²) in [6.07, 6.45) is 1.42. The molecular weight excluding hydrogens is 384 g/mol. The molecule has 1 amide bonds. The summed E-state index contributed by atoms with van der Waals surface area (Å²) in [6.45, 7) is 4.98. The van der Waals surface area contributed by atoms with Crippen LogP contribution in [-0.4, -0.2) is 31.7 Å². The first-order valence-corrected chi connectivity index (χ1v) is 10.8. The number of sulfonamides is 1. The Kier molecular flexibility index (Phi) is 7.83. The molecule has 0 saturated heterocycles. The van der Waals surface area contributed by atoms with E-state index in [1.165, 1.54) is 16.4 Å². The fourth-order valence-corrected chi connectivity index (χ4v) is 4.82. The maximum Gasteiger partial charge on any atom is 0.252 e. The zero-order valence-corrected chi connectivity index (χ0v) is 17.2. The number of rotatable bonds is 9. The Bertz CT molecular complexity index is 878. The van der Waals surface area contributed by atoms with E-state index in [0.29, 0.717) is 31.0 Å². The minimum atomic E-state index is -3.74. The van der Waals surface area contributed by atoms with E-state index in [0.717, 1.165) is 5.56 Å². The van der Waals surface area contributed by atoms with Gasteiger partial charge in [-0.2, -0.15) is 4.31 Å². The van der Waals surface area contributed by atoms with Crippen molar-refractivity contribution in [2.45, 2.75) is 38.1 Å². The molecule has 0 bridgehead atoms. The molecule has 0 atom stereocenters. The first-order chi connectivity index (χ1) is 12.9. The van der Waals surface area contributed by atoms with Crippen molar-refractivity contribution in [3.05, 3.63) is 64.7 Å². The van der Waals surface area contributed by atoms with Crippen LogP contribution >= 0.6 is 11.6 Å². The maximum absolute atomic E-state index is 13.1. The third kappa shape index (κ3) is 5.54. The molecule has 0 heterocycles. The summed E-state index contributed by atoms with van der Waals surface area (Å²) in [5.74, 6) is -0.429. The summed E-state index contributed by atoms with van der Waals surface area (Å²) in [6, 6.07) is 13.5. The number of carbonyl (C=O) groups excluding carboxylic acids is 1. The smallest absolute Gasteiger partial charge is 0.252 e. The van der Waals surface area contributed by atoms with E-state index in [-0.39, 0.29) is 17.0 Å². The molecule has 0 spiro atoms. The summed E-state index contributed by atoms with van der Waals surface area (Å²) >= 11 is 5.96. The SMILES string of the molecule is CCCN(CCC)S(=O)(=O)c1ccccc1C(=O)NCc1cccc(Cl)c1. The van der Waals surface area contributed by atoms with Crippen LogP contribution in [0.1, 0.15) is 42.6 Å². The molecule has 2 aromatic carbocycles. The highest BCUT2D eigenvalue weighted by Crippen LogP contribution is 2.21. The zero-order chi connectivity index (χ0) is 19.9. The number of halogens is 1. The highest BCUT2D eigenvalue weighted by molar-refractivity contribution is 7.89. The van der Waals surface area contributed by atoms with Gasteiger partial charge in [0.25, 0.3) is 5.91 Å².